The van der Waals surface area contributed by atoms with E-state index in [0.717, 1.165) is 115 Å². The third kappa shape index (κ3) is 9.25. The minimum absolute atomic E-state index is 0.179. The summed E-state index contributed by atoms with van der Waals surface area (Å²) >= 11 is 0. The average molecular weight is 1240 g/mol. The molecule has 5 aliphatic carbocycles. The molecule has 0 bridgehead atoms. The molecule has 94 heavy (non-hydrogen) atoms. The van der Waals surface area contributed by atoms with E-state index >= 15 is 0 Å². The number of nitrogens with zero attached hydrogens (tertiary/aromatic N) is 4. The van der Waals surface area contributed by atoms with E-state index in [1.54, 1.807) is 11.1 Å². The fourth-order valence-corrected chi connectivity index (χ4v) is 20.3. The number of morpholine rings is 2. The predicted molar refractivity (Wildman–Crippen MR) is 382 cm³/mol. The second kappa shape index (κ2) is 23.4. The summed E-state index contributed by atoms with van der Waals surface area (Å²) in [5.74, 6) is 4.72. The molecule has 2 saturated heterocycles. The van der Waals surface area contributed by atoms with E-state index in [2.05, 4.69) is 200 Å². The van der Waals surface area contributed by atoms with Crippen molar-refractivity contribution in [3.8, 4) is 34.0 Å². The van der Waals surface area contributed by atoms with Crippen LogP contribution in [0.3, 0.4) is 0 Å². The number of ether oxygens (including phenoxy) is 4. The Bertz CT molecular complexity index is 4420. The Kier molecular flexibility index (Phi) is 14.6. The van der Waals surface area contributed by atoms with Crippen LogP contribution in [-0.2, 0) is 31.5 Å². The molecule has 7 aromatic carbocycles. The number of pyridine rings is 2. The van der Waals surface area contributed by atoms with E-state index in [4.69, 9.17) is 28.9 Å². The van der Waals surface area contributed by atoms with Gasteiger partial charge in [0.1, 0.15) is 11.5 Å². The normalized spacial score (nSPS) is 26.8. The second-order valence-electron chi connectivity index (χ2n) is 29.6. The van der Waals surface area contributed by atoms with E-state index in [-0.39, 0.29) is 10.8 Å². The molecule has 476 valence electrons. The first kappa shape index (κ1) is 58.5. The molecule has 0 N–H and O–H groups in total. The van der Waals surface area contributed by atoms with Crippen LogP contribution in [0.1, 0.15) is 178 Å². The van der Waals surface area contributed by atoms with Gasteiger partial charge in [0.15, 0.2) is 11.2 Å². The van der Waals surface area contributed by atoms with Gasteiger partial charge in [-0.25, -0.2) is 0 Å². The highest BCUT2D eigenvalue weighted by atomic mass is 16.5. The van der Waals surface area contributed by atoms with E-state index in [0.29, 0.717) is 17.8 Å². The van der Waals surface area contributed by atoms with Gasteiger partial charge >= 0.3 is 0 Å². The minimum Gasteiger partial charge on any atom is -0.472 e. The molecule has 2 aromatic heterocycles. The van der Waals surface area contributed by atoms with Crippen LogP contribution in [0.2, 0.25) is 0 Å². The van der Waals surface area contributed by atoms with Crippen LogP contribution in [0.4, 0.5) is 11.4 Å². The molecule has 4 aliphatic heterocycles. The van der Waals surface area contributed by atoms with Gasteiger partial charge in [-0.15, -0.1) is 0 Å². The zero-order valence-corrected chi connectivity index (χ0v) is 55.0. The molecule has 0 amide bonds. The van der Waals surface area contributed by atoms with Gasteiger partial charge in [0.2, 0.25) is 0 Å². The van der Waals surface area contributed by atoms with Crippen molar-refractivity contribution in [3.05, 3.63) is 226 Å². The van der Waals surface area contributed by atoms with Crippen molar-refractivity contribution in [2.75, 3.05) is 62.4 Å². The monoisotopic (exact) mass is 1240 g/mol. The third-order valence-corrected chi connectivity index (χ3v) is 24.7. The maximum absolute atomic E-state index is 8.02. The summed E-state index contributed by atoms with van der Waals surface area (Å²) in [6, 6.07) is 54.6. The standard InChI is InChI=1S/C86H88N4O4/c1-3-4-16-58-39-42-84(54-58)74-26-15-13-24-70(74)78-66-20-9-11-22-68(66)82-72(80(78)84)41-44-86(94-82,60-29-35-64(36-30-60)90-47-51-92-52-48-90)62-32-38-76(88-56-62)75-37-31-61(55-87-75)85(59-27-33-63(34-28-59)89-45-49-91-50-46-89)43-40-71-79-77(65-19-8-10-21-67(65)81(71)93-85)69-23-12-14-25-73(69)83(79,2)53-57-17-6-5-7-18-57/h8-12,14,19-23,25,27-38,40-41,43-44,55-58,70,74H,3-7,13,15-18,24,26,39,42,45-54H2,1-2H3. The van der Waals surface area contributed by atoms with Crippen molar-refractivity contribution in [2.45, 2.75) is 145 Å². The van der Waals surface area contributed by atoms with Gasteiger partial charge in [0, 0.05) is 105 Å². The number of unbranched alkanes of at least 4 members (excludes halogenated alkanes) is 1. The van der Waals surface area contributed by atoms with E-state index in [1.165, 1.54) is 157 Å². The van der Waals surface area contributed by atoms with Gasteiger partial charge in [0.25, 0.3) is 0 Å². The van der Waals surface area contributed by atoms with Crippen molar-refractivity contribution in [1.82, 2.24) is 9.97 Å². The molecule has 6 heterocycles. The predicted octanol–water partition coefficient (Wildman–Crippen LogP) is 19.6. The van der Waals surface area contributed by atoms with Crippen LogP contribution in [0, 0.1) is 17.8 Å². The maximum atomic E-state index is 8.02. The summed E-state index contributed by atoms with van der Waals surface area (Å²) < 4.78 is 27.6. The molecule has 7 atom stereocenters. The fraction of sp³-hybridized carbons (Fsp3) is 0.395. The van der Waals surface area contributed by atoms with Crippen LogP contribution >= 0.6 is 0 Å². The summed E-state index contributed by atoms with van der Waals surface area (Å²) in [6.45, 7) is 11.3. The van der Waals surface area contributed by atoms with Crippen LogP contribution < -0.4 is 19.3 Å². The highest BCUT2D eigenvalue weighted by Gasteiger charge is 2.58. The Hall–Kier alpha value is -8.04. The van der Waals surface area contributed by atoms with Crippen molar-refractivity contribution in [2.24, 2.45) is 17.8 Å². The quantitative estimate of drug-likeness (QED) is 0.120. The molecule has 0 radical (unpaired) electrons. The number of rotatable bonds is 12. The van der Waals surface area contributed by atoms with Crippen LogP contribution in [0.25, 0.3) is 56.2 Å². The molecule has 9 aliphatic rings. The average Bonchev–Trinajstić information content (AvgIpc) is 1.35. The number of aromatic nitrogens is 2. The lowest BCUT2D eigenvalue weighted by Gasteiger charge is -2.40. The van der Waals surface area contributed by atoms with Gasteiger partial charge < -0.3 is 28.7 Å². The lowest BCUT2D eigenvalue weighted by Crippen LogP contribution is -2.37. The van der Waals surface area contributed by atoms with Crippen molar-refractivity contribution in [3.63, 3.8) is 0 Å². The topological polar surface area (TPSA) is 69.2 Å². The van der Waals surface area contributed by atoms with Crippen molar-refractivity contribution in [1.29, 1.82) is 0 Å². The molecule has 1 spiro atoms. The van der Waals surface area contributed by atoms with Crippen LogP contribution in [-0.4, -0.2) is 62.6 Å². The van der Waals surface area contributed by atoms with Crippen LogP contribution in [0.15, 0.2) is 170 Å². The van der Waals surface area contributed by atoms with Crippen LogP contribution in [0.5, 0.6) is 11.5 Å². The first-order valence-electron chi connectivity index (χ1n) is 36.2. The highest BCUT2D eigenvalue weighted by molar-refractivity contribution is 6.08. The lowest BCUT2D eigenvalue weighted by molar-refractivity contribution is 0.122. The number of fused-ring (bicyclic) bond motifs is 18. The summed E-state index contributed by atoms with van der Waals surface area (Å²) in [5.41, 5.74) is 17.5. The largest absolute Gasteiger partial charge is 0.472 e. The first-order chi connectivity index (χ1) is 46.3. The van der Waals surface area contributed by atoms with Crippen molar-refractivity contribution < 1.29 is 18.9 Å². The minimum atomic E-state index is -0.997. The molecule has 9 aromatic rings. The molecular formula is C86H88N4O4. The Balaban J connectivity index is 0.739. The van der Waals surface area contributed by atoms with Gasteiger partial charge in [0.05, 0.1) is 37.8 Å². The molecule has 18 rings (SSSR count). The fourth-order valence-electron chi connectivity index (χ4n) is 20.3. The molecule has 5 fully saturated rings. The molecule has 8 nitrogen and oxygen atoms in total. The number of hydrogen-bond donors (Lipinski definition) is 0. The Morgan fingerprint density at radius 1 is 0.511 bits per heavy atom. The third-order valence-electron chi connectivity index (χ3n) is 24.7. The summed E-state index contributed by atoms with van der Waals surface area (Å²) in [7, 11) is 0. The van der Waals surface area contributed by atoms with E-state index in [1.807, 2.05) is 6.20 Å². The first-order valence-corrected chi connectivity index (χ1v) is 36.2. The van der Waals surface area contributed by atoms with Gasteiger partial charge in [-0.2, -0.15) is 0 Å². The van der Waals surface area contributed by atoms with Crippen molar-refractivity contribution >= 4 is 45.1 Å². The van der Waals surface area contributed by atoms with E-state index in [9.17, 15) is 0 Å². The number of anilines is 2. The summed E-state index contributed by atoms with van der Waals surface area (Å²) in [5, 5.41) is 5.01. The smallest absolute Gasteiger partial charge is 0.179 e. The molecule has 3 saturated carbocycles. The highest BCUT2D eigenvalue weighted by Crippen LogP contribution is 2.68. The number of hydrogen-bond acceptors (Lipinski definition) is 8. The Morgan fingerprint density at radius 2 is 1.04 bits per heavy atom. The van der Waals surface area contributed by atoms with Gasteiger partial charge in [-0.05, 0) is 155 Å². The SMILES string of the molecule is CCCCC1CCC2(C1)c1c3c(c4ccccc4c1C1CCCCC12)OC(c1ccc(N2CCOCC2)cc1)(c1ccc(-c2ccc(C4(c5ccc(N6CCOCC6)cc5)C=Cc5c6c(c7ccccc7c5O4)-c4ccccc4C6(C)CC4CCCCC4)cn2)nc1)C=C3. The Morgan fingerprint density at radius 3 is 1.64 bits per heavy atom. The van der Waals surface area contributed by atoms with Gasteiger partial charge in [-0.3, -0.25) is 9.97 Å². The molecular weight excluding hydrogens is 1150 g/mol. The second-order valence-corrected chi connectivity index (χ2v) is 29.6. The molecule has 8 heteroatoms. The maximum Gasteiger partial charge on any atom is 0.179 e. The molecule has 7 unspecified atom stereocenters. The number of benzene rings is 7. The van der Waals surface area contributed by atoms with Gasteiger partial charge in [-0.1, -0.05) is 199 Å². The Labute approximate surface area is 555 Å². The van der Waals surface area contributed by atoms with E-state index < -0.39 is 11.2 Å². The zero-order chi connectivity index (χ0) is 62.6. The summed E-state index contributed by atoms with van der Waals surface area (Å²) in [4.78, 5) is 15.6. The lowest BCUT2D eigenvalue weighted by atomic mass is 9.65. The summed E-state index contributed by atoms with van der Waals surface area (Å²) in [6.07, 6.45) is 34.6. The zero-order valence-electron chi connectivity index (χ0n) is 55.0.